The van der Waals surface area contributed by atoms with Gasteiger partial charge in [0, 0.05) is 24.2 Å². The second-order valence-electron chi connectivity index (χ2n) is 7.49. The summed E-state index contributed by atoms with van der Waals surface area (Å²) in [5.74, 6) is -0.401. The highest BCUT2D eigenvalue weighted by atomic mass is 32.2. The van der Waals surface area contributed by atoms with Crippen molar-refractivity contribution in [3.8, 4) is 0 Å². The van der Waals surface area contributed by atoms with E-state index in [0.717, 1.165) is 19.4 Å². The molecule has 0 aromatic heterocycles. The first kappa shape index (κ1) is 19.8. The molecule has 2 aliphatic carbocycles. The first-order valence-electron chi connectivity index (χ1n) is 9.38. The molecule has 148 valence electrons. The van der Waals surface area contributed by atoms with Crippen molar-refractivity contribution in [3.05, 3.63) is 29.8 Å². The van der Waals surface area contributed by atoms with Crippen LogP contribution >= 0.6 is 0 Å². The highest BCUT2D eigenvalue weighted by Crippen LogP contribution is 2.33. The Labute approximate surface area is 159 Å². The fraction of sp³-hybridized carbons (Fsp3) is 0.579. The van der Waals surface area contributed by atoms with E-state index in [1.54, 1.807) is 6.92 Å². The number of rotatable bonds is 9. The Balaban J connectivity index is 1.51. The van der Waals surface area contributed by atoms with Crippen LogP contribution in [0.3, 0.4) is 0 Å². The molecule has 27 heavy (non-hydrogen) atoms. The molecule has 0 bridgehead atoms. The van der Waals surface area contributed by atoms with Gasteiger partial charge in [-0.3, -0.25) is 14.5 Å². The summed E-state index contributed by atoms with van der Waals surface area (Å²) in [7, 11) is -3.27. The zero-order chi connectivity index (χ0) is 19.6. The summed E-state index contributed by atoms with van der Waals surface area (Å²) < 4.78 is 23.7. The Bertz CT molecular complexity index is 796. The van der Waals surface area contributed by atoms with Crippen molar-refractivity contribution in [2.24, 2.45) is 5.92 Å². The minimum Gasteiger partial charge on any atom is -0.480 e. The molecule has 3 rings (SSSR count). The van der Waals surface area contributed by atoms with E-state index in [2.05, 4.69) is 5.32 Å². The van der Waals surface area contributed by atoms with E-state index >= 15 is 0 Å². The Morgan fingerprint density at radius 1 is 1.19 bits per heavy atom. The van der Waals surface area contributed by atoms with Crippen LogP contribution in [-0.4, -0.2) is 61.2 Å². The first-order chi connectivity index (χ1) is 12.8. The van der Waals surface area contributed by atoms with Gasteiger partial charge in [-0.2, -0.15) is 0 Å². The van der Waals surface area contributed by atoms with Gasteiger partial charge >= 0.3 is 5.97 Å². The Morgan fingerprint density at radius 2 is 1.81 bits per heavy atom. The third kappa shape index (κ3) is 5.07. The van der Waals surface area contributed by atoms with E-state index in [9.17, 15) is 18.0 Å². The summed E-state index contributed by atoms with van der Waals surface area (Å²) in [6.45, 7) is 2.46. The lowest BCUT2D eigenvalue weighted by Gasteiger charge is -2.42. The lowest BCUT2D eigenvalue weighted by atomic mass is 9.85. The molecule has 1 aromatic rings. The molecule has 0 radical (unpaired) electrons. The number of aliphatic carboxylic acids is 1. The number of carbonyl (C=O) groups is 2. The number of amides is 1. The minimum absolute atomic E-state index is 0.0235. The van der Waals surface area contributed by atoms with Crippen LogP contribution in [0, 0.1) is 5.92 Å². The lowest BCUT2D eigenvalue weighted by Crippen LogP contribution is -2.55. The summed E-state index contributed by atoms with van der Waals surface area (Å²) in [5.41, 5.74) is 0.425. The van der Waals surface area contributed by atoms with E-state index in [4.69, 9.17) is 5.11 Å². The van der Waals surface area contributed by atoms with E-state index in [-0.39, 0.29) is 35.2 Å². The van der Waals surface area contributed by atoms with Crippen molar-refractivity contribution < 1.29 is 23.1 Å². The fourth-order valence-electron chi connectivity index (χ4n) is 3.40. The van der Waals surface area contributed by atoms with E-state index in [1.165, 1.54) is 37.1 Å². The Morgan fingerprint density at radius 3 is 2.33 bits per heavy atom. The van der Waals surface area contributed by atoms with Crippen LogP contribution in [0.2, 0.25) is 0 Å². The molecular formula is C19H26N2O5S. The molecule has 0 atom stereocenters. The predicted octanol–water partition coefficient (Wildman–Crippen LogP) is 1.54. The average Bonchev–Trinajstić information content (AvgIpc) is 3.40. The third-order valence-corrected chi connectivity index (χ3v) is 7.10. The molecule has 7 nitrogen and oxygen atoms in total. The summed E-state index contributed by atoms with van der Waals surface area (Å²) in [6, 6.07) is 6.19. The van der Waals surface area contributed by atoms with E-state index in [1.807, 2.05) is 4.90 Å². The molecule has 2 saturated carbocycles. The molecule has 0 spiro atoms. The van der Waals surface area contributed by atoms with Crippen LogP contribution in [0.15, 0.2) is 29.2 Å². The van der Waals surface area contributed by atoms with Crippen molar-refractivity contribution in [1.29, 1.82) is 0 Å². The van der Waals surface area contributed by atoms with Gasteiger partial charge in [-0.1, -0.05) is 6.92 Å². The highest BCUT2D eigenvalue weighted by molar-refractivity contribution is 7.91. The maximum absolute atomic E-state index is 12.4. The van der Waals surface area contributed by atoms with Crippen LogP contribution in [0.5, 0.6) is 0 Å². The van der Waals surface area contributed by atoms with Gasteiger partial charge in [0.05, 0.1) is 17.2 Å². The quantitative estimate of drug-likeness (QED) is 0.658. The number of carboxylic acids is 1. The lowest BCUT2D eigenvalue weighted by molar-refractivity contribution is -0.139. The minimum atomic E-state index is -3.27. The normalized spacial score (nSPS) is 22.3. The second-order valence-corrected chi connectivity index (χ2v) is 9.77. The van der Waals surface area contributed by atoms with Crippen LogP contribution in [-0.2, 0) is 14.6 Å². The second kappa shape index (κ2) is 7.98. The van der Waals surface area contributed by atoms with E-state index < -0.39 is 15.8 Å². The molecule has 1 aromatic carbocycles. The molecule has 0 heterocycles. The largest absolute Gasteiger partial charge is 0.480 e. The number of carboxylic acid groups (broad SMARTS) is 1. The molecule has 0 saturated heterocycles. The van der Waals surface area contributed by atoms with Gasteiger partial charge in [0.1, 0.15) is 0 Å². The van der Waals surface area contributed by atoms with Gasteiger partial charge in [-0.15, -0.1) is 0 Å². The molecular weight excluding hydrogens is 368 g/mol. The standard InChI is InChI=1S/C19H26N2O5S/c1-2-27(25,26)17-7-5-14(6-8-17)19(24)20-15-9-16(10-15)21(12-18(22)23)11-13-3-4-13/h5-8,13,15-16H,2-4,9-12H2,1H3,(H,20,24)(H,22,23). The molecule has 2 aliphatic rings. The molecule has 2 N–H and O–H groups in total. The summed E-state index contributed by atoms with van der Waals surface area (Å²) in [6.07, 6.45) is 3.83. The topological polar surface area (TPSA) is 104 Å². The maximum Gasteiger partial charge on any atom is 0.317 e. The van der Waals surface area contributed by atoms with Crippen LogP contribution in [0.1, 0.15) is 43.0 Å². The number of benzene rings is 1. The Hall–Kier alpha value is -1.93. The number of carbonyl (C=O) groups excluding carboxylic acids is 1. The molecule has 1 amide bonds. The van der Waals surface area contributed by atoms with E-state index in [0.29, 0.717) is 11.5 Å². The summed E-state index contributed by atoms with van der Waals surface area (Å²) >= 11 is 0. The zero-order valence-electron chi connectivity index (χ0n) is 15.4. The molecule has 0 unspecified atom stereocenters. The van der Waals surface area contributed by atoms with Crippen molar-refractivity contribution in [2.45, 2.75) is 49.6 Å². The third-order valence-electron chi connectivity index (χ3n) is 5.35. The van der Waals surface area contributed by atoms with Crippen LogP contribution < -0.4 is 5.32 Å². The first-order valence-corrected chi connectivity index (χ1v) is 11.0. The monoisotopic (exact) mass is 394 g/mol. The molecule has 0 aliphatic heterocycles. The van der Waals surface area contributed by atoms with Gasteiger partial charge in [0.2, 0.25) is 0 Å². The van der Waals surface area contributed by atoms with Crippen LogP contribution in [0.25, 0.3) is 0 Å². The Kier molecular flexibility index (Phi) is 5.86. The van der Waals surface area contributed by atoms with Gasteiger partial charge in [0.15, 0.2) is 9.84 Å². The summed E-state index contributed by atoms with van der Waals surface area (Å²) in [4.78, 5) is 25.7. The van der Waals surface area contributed by atoms with Crippen molar-refractivity contribution in [1.82, 2.24) is 10.2 Å². The maximum atomic E-state index is 12.4. The predicted molar refractivity (Wildman–Crippen MR) is 100 cm³/mol. The number of hydrogen-bond acceptors (Lipinski definition) is 5. The number of hydrogen-bond donors (Lipinski definition) is 2. The van der Waals surface area contributed by atoms with Crippen LogP contribution in [0.4, 0.5) is 0 Å². The SMILES string of the molecule is CCS(=O)(=O)c1ccc(C(=O)NC2CC(N(CC(=O)O)CC3CC3)C2)cc1. The van der Waals surface area contributed by atoms with Crippen molar-refractivity contribution >= 4 is 21.7 Å². The van der Waals surface area contributed by atoms with Crippen molar-refractivity contribution in [2.75, 3.05) is 18.8 Å². The van der Waals surface area contributed by atoms with Crippen molar-refractivity contribution in [3.63, 3.8) is 0 Å². The van der Waals surface area contributed by atoms with Gasteiger partial charge < -0.3 is 10.4 Å². The van der Waals surface area contributed by atoms with Gasteiger partial charge in [-0.25, -0.2) is 8.42 Å². The summed E-state index contributed by atoms with van der Waals surface area (Å²) in [5, 5.41) is 12.0. The average molecular weight is 394 g/mol. The molecule has 8 heteroatoms. The fourth-order valence-corrected chi connectivity index (χ4v) is 4.29. The molecule has 2 fully saturated rings. The highest BCUT2D eigenvalue weighted by Gasteiger charge is 2.37. The number of nitrogens with one attached hydrogen (secondary N) is 1. The smallest absolute Gasteiger partial charge is 0.317 e. The van der Waals surface area contributed by atoms with Gasteiger partial charge in [0.25, 0.3) is 5.91 Å². The van der Waals surface area contributed by atoms with Gasteiger partial charge in [-0.05, 0) is 55.9 Å². The number of nitrogens with zero attached hydrogens (tertiary/aromatic N) is 1. The number of sulfone groups is 1. The zero-order valence-corrected chi connectivity index (χ0v) is 16.2.